The quantitative estimate of drug-likeness (QED) is 0.802. The number of benzene rings is 1. The fourth-order valence-corrected chi connectivity index (χ4v) is 1.46. The summed E-state index contributed by atoms with van der Waals surface area (Å²) < 4.78 is 39.3. The first kappa shape index (κ1) is 12.4. The number of primary sulfonamides is 1. The summed E-state index contributed by atoms with van der Waals surface area (Å²) in [6.45, 7) is 0. The van der Waals surface area contributed by atoms with Crippen LogP contribution in [0.4, 0.5) is 14.9 Å². The van der Waals surface area contributed by atoms with E-state index in [1.165, 1.54) is 0 Å². The van der Waals surface area contributed by atoms with Crippen molar-refractivity contribution in [2.24, 2.45) is 5.14 Å². The van der Waals surface area contributed by atoms with Crippen LogP contribution in [-0.2, 0) is 14.8 Å². The van der Waals surface area contributed by atoms with Gasteiger partial charge >= 0.3 is 6.09 Å². The van der Waals surface area contributed by atoms with E-state index in [1.807, 2.05) is 0 Å². The molecule has 1 aromatic carbocycles. The number of anilines is 1. The minimum absolute atomic E-state index is 0.195. The number of methoxy groups -OCH3 is 1. The first-order valence-corrected chi connectivity index (χ1v) is 5.56. The van der Waals surface area contributed by atoms with Gasteiger partial charge in [-0.2, -0.15) is 0 Å². The molecule has 0 spiro atoms. The summed E-state index contributed by atoms with van der Waals surface area (Å²) >= 11 is 0. The summed E-state index contributed by atoms with van der Waals surface area (Å²) in [5, 5.41) is 6.86. The molecular formula is C8H9FN2O4S. The predicted molar refractivity (Wildman–Crippen MR) is 53.8 cm³/mol. The van der Waals surface area contributed by atoms with Crippen molar-refractivity contribution in [2.75, 3.05) is 12.4 Å². The van der Waals surface area contributed by atoms with Crippen molar-refractivity contribution in [3.8, 4) is 0 Å². The molecule has 0 fully saturated rings. The Hall–Kier alpha value is -1.67. The minimum Gasteiger partial charge on any atom is -0.453 e. The standard InChI is InChI=1S/C8H9FN2O4S/c1-15-8(12)11-7-3-2-5(4-6(7)9)16(10,13)14/h2-4H,1H3,(H,11,12)(H2,10,13,14). The number of amides is 1. The highest BCUT2D eigenvalue weighted by molar-refractivity contribution is 7.89. The number of hydrogen-bond acceptors (Lipinski definition) is 4. The number of rotatable bonds is 2. The van der Waals surface area contributed by atoms with Gasteiger partial charge in [-0.1, -0.05) is 0 Å². The number of nitrogens with one attached hydrogen (secondary N) is 1. The Labute approximate surface area is 91.3 Å². The maximum absolute atomic E-state index is 13.3. The molecule has 0 aliphatic carbocycles. The van der Waals surface area contributed by atoms with Gasteiger partial charge in [0.25, 0.3) is 0 Å². The lowest BCUT2D eigenvalue weighted by Crippen LogP contribution is -2.15. The van der Waals surface area contributed by atoms with Crippen LogP contribution in [-0.4, -0.2) is 21.6 Å². The zero-order valence-electron chi connectivity index (χ0n) is 8.23. The third kappa shape index (κ3) is 2.91. The van der Waals surface area contributed by atoms with Gasteiger partial charge in [0.15, 0.2) is 0 Å². The average molecular weight is 248 g/mol. The van der Waals surface area contributed by atoms with Crippen molar-refractivity contribution in [3.05, 3.63) is 24.0 Å². The van der Waals surface area contributed by atoms with Gasteiger partial charge in [0.05, 0.1) is 17.7 Å². The summed E-state index contributed by atoms with van der Waals surface area (Å²) in [6, 6.07) is 2.86. The zero-order valence-corrected chi connectivity index (χ0v) is 9.05. The van der Waals surface area contributed by atoms with Crippen LogP contribution < -0.4 is 10.5 Å². The smallest absolute Gasteiger partial charge is 0.411 e. The van der Waals surface area contributed by atoms with Gasteiger partial charge in [0, 0.05) is 0 Å². The maximum atomic E-state index is 13.3. The monoisotopic (exact) mass is 248 g/mol. The van der Waals surface area contributed by atoms with E-state index in [9.17, 15) is 17.6 Å². The third-order valence-corrected chi connectivity index (χ3v) is 2.60. The SMILES string of the molecule is COC(=O)Nc1ccc(S(N)(=O)=O)cc1F. The molecule has 0 unspecified atom stereocenters. The summed E-state index contributed by atoms with van der Waals surface area (Å²) in [4.78, 5) is 10.4. The largest absolute Gasteiger partial charge is 0.453 e. The average Bonchev–Trinajstić information content (AvgIpc) is 2.19. The Bertz CT molecular complexity index is 515. The molecular weight excluding hydrogens is 239 g/mol. The van der Waals surface area contributed by atoms with E-state index in [0.717, 1.165) is 19.2 Å². The molecule has 0 radical (unpaired) electrons. The van der Waals surface area contributed by atoms with Crippen molar-refractivity contribution in [1.29, 1.82) is 0 Å². The van der Waals surface area contributed by atoms with Crippen LogP contribution in [0.1, 0.15) is 0 Å². The molecule has 0 saturated heterocycles. The molecule has 16 heavy (non-hydrogen) atoms. The van der Waals surface area contributed by atoms with Crippen LogP contribution in [0.2, 0.25) is 0 Å². The lowest BCUT2D eigenvalue weighted by Gasteiger charge is -2.05. The van der Waals surface area contributed by atoms with Crippen molar-refractivity contribution >= 4 is 21.8 Å². The molecule has 1 rings (SSSR count). The molecule has 1 amide bonds. The van der Waals surface area contributed by atoms with Gasteiger partial charge in [0.2, 0.25) is 10.0 Å². The number of ether oxygens (including phenoxy) is 1. The van der Waals surface area contributed by atoms with E-state index in [0.29, 0.717) is 6.07 Å². The molecule has 6 nitrogen and oxygen atoms in total. The minimum atomic E-state index is -3.96. The topological polar surface area (TPSA) is 98.5 Å². The van der Waals surface area contributed by atoms with Gasteiger partial charge in [-0.3, -0.25) is 5.32 Å². The molecule has 0 heterocycles. The van der Waals surface area contributed by atoms with E-state index in [4.69, 9.17) is 5.14 Å². The molecule has 0 saturated carbocycles. The van der Waals surface area contributed by atoms with Crippen LogP contribution in [0, 0.1) is 5.82 Å². The molecule has 0 aliphatic heterocycles. The third-order valence-electron chi connectivity index (χ3n) is 1.69. The maximum Gasteiger partial charge on any atom is 0.411 e. The van der Waals surface area contributed by atoms with Crippen LogP contribution >= 0.6 is 0 Å². The fourth-order valence-electron chi connectivity index (χ4n) is 0.935. The first-order valence-electron chi connectivity index (χ1n) is 4.02. The molecule has 0 aliphatic rings. The number of sulfonamides is 1. The number of hydrogen-bond donors (Lipinski definition) is 2. The highest BCUT2D eigenvalue weighted by atomic mass is 32.2. The van der Waals surface area contributed by atoms with Crippen LogP contribution in [0.5, 0.6) is 0 Å². The Kier molecular flexibility index (Phi) is 3.45. The Morgan fingerprint density at radius 2 is 2.12 bits per heavy atom. The normalized spacial score (nSPS) is 10.9. The summed E-state index contributed by atoms with van der Waals surface area (Å²) in [5.74, 6) is -0.920. The zero-order chi connectivity index (χ0) is 12.3. The van der Waals surface area contributed by atoms with Crippen LogP contribution in [0.15, 0.2) is 23.1 Å². The Balaban J connectivity index is 3.06. The molecule has 0 atom stereocenters. The van der Waals surface area contributed by atoms with E-state index in [-0.39, 0.29) is 10.6 Å². The van der Waals surface area contributed by atoms with Crippen LogP contribution in [0.25, 0.3) is 0 Å². The van der Waals surface area contributed by atoms with Gasteiger partial charge in [-0.15, -0.1) is 0 Å². The molecule has 8 heteroatoms. The molecule has 88 valence electrons. The van der Waals surface area contributed by atoms with E-state index < -0.39 is 21.9 Å². The van der Waals surface area contributed by atoms with Crippen molar-refractivity contribution in [2.45, 2.75) is 4.90 Å². The van der Waals surface area contributed by atoms with E-state index in [2.05, 4.69) is 10.1 Å². The Morgan fingerprint density at radius 3 is 2.56 bits per heavy atom. The summed E-state index contributed by atoms with van der Waals surface area (Å²) in [7, 11) is -2.84. The summed E-state index contributed by atoms with van der Waals surface area (Å²) in [6.07, 6.45) is -0.859. The second-order valence-electron chi connectivity index (χ2n) is 2.80. The summed E-state index contributed by atoms with van der Waals surface area (Å²) in [5.41, 5.74) is -0.195. The second kappa shape index (κ2) is 4.45. The number of carbonyl (C=O) groups is 1. The number of carbonyl (C=O) groups excluding carboxylic acids is 1. The number of nitrogens with two attached hydrogens (primary N) is 1. The second-order valence-corrected chi connectivity index (χ2v) is 4.36. The van der Waals surface area contributed by atoms with E-state index >= 15 is 0 Å². The molecule has 0 aromatic heterocycles. The lowest BCUT2D eigenvalue weighted by atomic mass is 10.3. The Morgan fingerprint density at radius 1 is 1.50 bits per heavy atom. The number of halogens is 1. The molecule has 1 aromatic rings. The highest BCUT2D eigenvalue weighted by Crippen LogP contribution is 2.18. The molecule has 3 N–H and O–H groups in total. The van der Waals surface area contributed by atoms with Gasteiger partial charge in [0.1, 0.15) is 5.82 Å². The van der Waals surface area contributed by atoms with Crippen molar-refractivity contribution in [1.82, 2.24) is 0 Å². The van der Waals surface area contributed by atoms with E-state index in [1.54, 1.807) is 0 Å². The van der Waals surface area contributed by atoms with Gasteiger partial charge in [-0.05, 0) is 18.2 Å². The fraction of sp³-hybridized carbons (Fsp3) is 0.125. The predicted octanol–water partition coefficient (Wildman–Crippen LogP) is 0.651. The van der Waals surface area contributed by atoms with Gasteiger partial charge < -0.3 is 4.74 Å². The van der Waals surface area contributed by atoms with Crippen molar-refractivity contribution in [3.63, 3.8) is 0 Å². The van der Waals surface area contributed by atoms with Gasteiger partial charge in [-0.25, -0.2) is 22.7 Å². The lowest BCUT2D eigenvalue weighted by molar-refractivity contribution is 0.187. The van der Waals surface area contributed by atoms with Crippen molar-refractivity contribution < 1.29 is 22.3 Å². The first-order chi connectivity index (χ1) is 7.34. The van der Waals surface area contributed by atoms with Crippen LogP contribution in [0.3, 0.4) is 0 Å². The molecule has 0 bridgehead atoms. The highest BCUT2D eigenvalue weighted by Gasteiger charge is 2.12.